The fourth-order valence-electron chi connectivity index (χ4n) is 5.06. The zero-order chi connectivity index (χ0) is 25.7. The molecule has 1 N–H and O–H groups in total. The number of aromatic nitrogens is 2. The van der Waals surface area contributed by atoms with Crippen LogP contribution in [0.15, 0.2) is 60.7 Å². The number of ether oxygens (including phenoxy) is 1. The van der Waals surface area contributed by atoms with Crippen LogP contribution in [0.25, 0.3) is 22.2 Å². The van der Waals surface area contributed by atoms with Gasteiger partial charge in [0.15, 0.2) is 0 Å². The van der Waals surface area contributed by atoms with Crippen LogP contribution in [0.4, 0.5) is 13.2 Å². The molecule has 1 aliphatic rings. The van der Waals surface area contributed by atoms with E-state index in [1.807, 2.05) is 56.3 Å². The summed E-state index contributed by atoms with van der Waals surface area (Å²) in [7, 11) is 1.60. The molecule has 0 saturated carbocycles. The summed E-state index contributed by atoms with van der Waals surface area (Å²) in [4.78, 5) is 23.5. The lowest BCUT2D eigenvalue weighted by Crippen LogP contribution is -2.43. The largest absolute Gasteiger partial charge is 0.496 e. The van der Waals surface area contributed by atoms with E-state index in [0.717, 1.165) is 35.2 Å². The first-order chi connectivity index (χ1) is 17.1. The number of likely N-dealkylation sites (tertiary alicyclic amines) is 1. The number of fused-ring (bicyclic) bond motifs is 1. The van der Waals surface area contributed by atoms with E-state index in [1.165, 1.54) is 6.07 Å². The number of nitrogens with one attached hydrogen (secondary N) is 1. The van der Waals surface area contributed by atoms with Crippen molar-refractivity contribution in [3.63, 3.8) is 0 Å². The highest BCUT2D eigenvalue weighted by Gasteiger charge is 2.44. The van der Waals surface area contributed by atoms with Gasteiger partial charge >= 0.3 is 6.18 Å². The lowest BCUT2D eigenvalue weighted by molar-refractivity contribution is -0.137. The molecule has 1 aliphatic heterocycles. The van der Waals surface area contributed by atoms with E-state index in [4.69, 9.17) is 4.74 Å². The Labute approximate surface area is 206 Å². The van der Waals surface area contributed by atoms with Gasteiger partial charge in [0.25, 0.3) is 5.91 Å². The van der Waals surface area contributed by atoms with Gasteiger partial charge in [0.2, 0.25) is 0 Å². The van der Waals surface area contributed by atoms with Crippen LogP contribution in [0, 0.1) is 6.92 Å². The molecule has 5 rings (SSSR count). The highest BCUT2D eigenvalue weighted by Crippen LogP contribution is 2.41. The smallest absolute Gasteiger partial charge is 0.416 e. The van der Waals surface area contributed by atoms with Gasteiger partial charge in [0.1, 0.15) is 11.6 Å². The second-order valence-electron chi connectivity index (χ2n) is 9.40. The minimum Gasteiger partial charge on any atom is -0.496 e. The molecule has 0 radical (unpaired) electrons. The Kier molecular flexibility index (Phi) is 5.77. The average molecular weight is 494 g/mol. The van der Waals surface area contributed by atoms with Crippen molar-refractivity contribution in [2.24, 2.45) is 0 Å². The fourth-order valence-corrected chi connectivity index (χ4v) is 5.06. The Morgan fingerprint density at radius 3 is 2.61 bits per heavy atom. The molecule has 2 heterocycles. The summed E-state index contributed by atoms with van der Waals surface area (Å²) in [5, 5.41) is 0. The molecule has 0 unspecified atom stereocenters. The van der Waals surface area contributed by atoms with Crippen molar-refractivity contribution in [2.75, 3.05) is 13.7 Å². The summed E-state index contributed by atoms with van der Waals surface area (Å²) in [5.41, 5.74) is 2.26. The third-order valence-corrected chi connectivity index (χ3v) is 7.01. The number of hydrogen-bond acceptors (Lipinski definition) is 3. The van der Waals surface area contributed by atoms with Crippen molar-refractivity contribution < 1.29 is 22.7 Å². The number of H-pyrrole nitrogens is 1. The van der Waals surface area contributed by atoms with Crippen molar-refractivity contribution in [3.05, 3.63) is 83.2 Å². The number of nitrogens with zero attached hydrogens (tertiary/aromatic N) is 2. The summed E-state index contributed by atoms with van der Waals surface area (Å²) in [5.74, 6) is 0.988. The number of hydrogen-bond donors (Lipinski definition) is 1. The van der Waals surface area contributed by atoms with Crippen LogP contribution >= 0.6 is 0 Å². The van der Waals surface area contributed by atoms with Gasteiger partial charge in [0.05, 0.1) is 29.2 Å². The van der Waals surface area contributed by atoms with Gasteiger partial charge in [0, 0.05) is 17.7 Å². The average Bonchev–Trinajstić information content (AvgIpc) is 3.47. The predicted octanol–water partition coefficient (Wildman–Crippen LogP) is 6.72. The lowest BCUT2D eigenvalue weighted by Gasteiger charge is -2.34. The molecule has 1 amide bonds. The lowest BCUT2D eigenvalue weighted by atomic mass is 9.93. The molecule has 5 nitrogen and oxygen atoms in total. The zero-order valence-electron chi connectivity index (χ0n) is 20.2. The highest BCUT2D eigenvalue weighted by molar-refractivity contribution is 6.02. The molecular formula is C28H26F3N3O2. The van der Waals surface area contributed by atoms with Gasteiger partial charge in [-0.15, -0.1) is 0 Å². The van der Waals surface area contributed by atoms with Gasteiger partial charge in [-0.1, -0.05) is 35.9 Å². The van der Waals surface area contributed by atoms with E-state index in [1.54, 1.807) is 12.0 Å². The standard InChI is InChI=1S/C28H26F3N3O2/c1-17-9-11-19(20-7-4-5-8-24(20)36-3)21(15-17)25(35)34-14-6-13-27(34,2)26-32-22-12-10-18(28(29,30)31)16-23(22)33-26/h4-5,7-12,15-16H,6,13-14H2,1-3H3,(H,32,33)/t27-/m0/s1. The number of alkyl halides is 3. The fraction of sp³-hybridized carbons (Fsp3) is 0.286. The number of amides is 1. The van der Waals surface area contributed by atoms with Crippen molar-refractivity contribution in [2.45, 2.75) is 38.4 Å². The first-order valence-corrected chi connectivity index (χ1v) is 11.8. The number of rotatable bonds is 4. The Balaban J connectivity index is 1.57. The van der Waals surface area contributed by atoms with Gasteiger partial charge in [-0.25, -0.2) is 4.98 Å². The van der Waals surface area contributed by atoms with Crippen LogP contribution in [-0.4, -0.2) is 34.4 Å². The molecule has 0 aliphatic carbocycles. The summed E-state index contributed by atoms with van der Waals surface area (Å²) in [6.07, 6.45) is -3.05. The Morgan fingerprint density at radius 2 is 1.86 bits per heavy atom. The van der Waals surface area contributed by atoms with Crippen LogP contribution in [0.1, 0.15) is 47.1 Å². The topological polar surface area (TPSA) is 58.2 Å². The quantitative estimate of drug-likeness (QED) is 0.343. The van der Waals surface area contributed by atoms with E-state index < -0.39 is 17.3 Å². The molecule has 1 aromatic heterocycles. The minimum atomic E-state index is -4.45. The number of para-hydroxylation sites is 1. The molecule has 36 heavy (non-hydrogen) atoms. The second-order valence-corrected chi connectivity index (χ2v) is 9.40. The van der Waals surface area contributed by atoms with Gasteiger partial charge in [-0.2, -0.15) is 13.2 Å². The van der Waals surface area contributed by atoms with Crippen molar-refractivity contribution in [1.29, 1.82) is 0 Å². The maximum Gasteiger partial charge on any atom is 0.416 e. The molecule has 0 bridgehead atoms. The number of carbonyl (C=O) groups excluding carboxylic acids is 1. The molecular weight excluding hydrogens is 467 g/mol. The van der Waals surface area contributed by atoms with Gasteiger partial charge < -0.3 is 14.6 Å². The van der Waals surface area contributed by atoms with Crippen molar-refractivity contribution in [3.8, 4) is 16.9 Å². The molecule has 1 fully saturated rings. The SMILES string of the molecule is COc1ccccc1-c1ccc(C)cc1C(=O)N1CCC[C@@]1(C)c1nc2ccc(C(F)(F)F)cc2[nH]1. The second kappa shape index (κ2) is 8.69. The van der Waals surface area contributed by atoms with Gasteiger partial charge in [-0.05, 0) is 62.6 Å². The van der Waals surface area contributed by atoms with E-state index >= 15 is 0 Å². The number of imidazole rings is 1. The number of halogens is 3. The number of carbonyl (C=O) groups is 1. The van der Waals surface area contributed by atoms with Crippen LogP contribution in [-0.2, 0) is 11.7 Å². The van der Waals surface area contributed by atoms with E-state index in [-0.39, 0.29) is 5.91 Å². The molecule has 4 aromatic rings. The third kappa shape index (κ3) is 4.00. The van der Waals surface area contributed by atoms with Crippen LogP contribution in [0.5, 0.6) is 5.75 Å². The van der Waals surface area contributed by atoms with Crippen LogP contribution in [0.2, 0.25) is 0 Å². The Morgan fingerprint density at radius 1 is 1.08 bits per heavy atom. The maximum atomic E-state index is 14.1. The minimum absolute atomic E-state index is 0.156. The van der Waals surface area contributed by atoms with E-state index in [0.29, 0.717) is 41.1 Å². The summed E-state index contributed by atoms with van der Waals surface area (Å²) < 4.78 is 45.2. The summed E-state index contributed by atoms with van der Waals surface area (Å²) >= 11 is 0. The van der Waals surface area contributed by atoms with Crippen molar-refractivity contribution in [1.82, 2.24) is 14.9 Å². The van der Waals surface area contributed by atoms with E-state index in [2.05, 4.69) is 9.97 Å². The van der Waals surface area contributed by atoms with Crippen LogP contribution in [0.3, 0.4) is 0 Å². The zero-order valence-corrected chi connectivity index (χ0v) is 20.2. The first kappa shape index (κ1) is 23.9. The van der Waals surface area contributed by atoms with Crippen molar-refractivity contribution >= 4 is 16.9 Å². The van der Waals surface area contributed by atoms with E-state index in [9.17, 15) is 18.0 Å². The molecule has 186 valence electrons. The normalized spacial score (nSPS) is 18.1. The van der Waals surface area contributed by atoms with Gasteiger partial charge in [-0.3, -0.25) is 4.79 Å². The Hall–Kier alpha value is -3.81. The number of benzene rings is 3. The Bertz CT molecular complexity index is 1460. The molecule has 1 saturated heterocycles. The third-order valence-electron chi connectivity index (χ3n) is 7.01. The monoisotopic (exact) mass is 493 g/mol. The molecule has 8 heteroatoms. The molecule has 1 atom stereocenters. The molecule has 3 aromatic carbocycles. The number of methoxy groups -OCH3 is 1. The number of aromatic amines is 1. The molecule has 0 spiro atoms. The maximum absolute atomic E-state index is 14.1. The first-order valence-electron chi connectivity index (χ1n) is 11.8. The predicted molar refractivity (Wildman–Crippen MR) is 132 cm³/mol. The van der Waals surface area contributed by atoms with Crippen LogP contribution < -0.4 is 4.74 Å². The highest BCUT2D eigenvalue weighted by atomic mass is 19.4. The summed E-state index contributed by atoms with van der Waals surface area (Å²) in [6, 6.07) is 16.8. The summed E-state index contributed by atoms with van der Waals surface area (Å²) in [6.45, 7) is 4.36. The number of aryl methyl sites for hydroxylation is 1.